The lowest BCUT2D eigenvalue weighted by Crippen LogP contribution is -1.97. The summed E-state index contributed by atoms with van der Waals surface area (Å²) in [7, 11) is 0. The molecular weight excluding hydrogens is 278 g/mol. The summed E-state index contributed by atoms with van der Waals surface area (Å²) in [6.07, 6.45) is 1.81. The molecule has 0 amide bonds. The molecule has 0 aliphatic carbocycles. The van der Waals surface area contributed by atoms with E-state index in [0.29, 0.717) is 10.9 Å². The number of hydrogen-bond acceptors (Lipinski definition) is 5. The van der Waals surface area contributed by atoms with E-state index in [1.54, 1.807) is 30.5 Å². The zero-order chi connectivity index (χ0) is 13.8. The van der Waals surface area contributed by atoms with Crippen molar-refractivity contribution in [2.45, 2.75) is 6.61 Å². The van der Waals surface area contributed by atoms with Crippen LogP contribution in [0.2, 0.25) is 5.02 Å². The number of benzene rings is 1. The average Bonchev–Trinajstić information content (AvgIpc) is 2.96. The SMILES string of the molecule is Clc1ccc(-c2nnc(OCc3ccccn3)o2)cc1. The second-order valence-corrected chi connectivity index (χ2v) is 4.43. The second kappa shape index (κ2) is 5.71. The molecule has 0 fully saturated rings. The van der Waals surface area contributed by atoms with Gasteiger partial charge in [0, 0.05) is 16.8 Å². The van der Waals surface area contributed by atoms with Gasteiger partial charge in [-0.15, -0.1) is 5.10 Å². The molecule has 2 heterocycles. The zero-order valence-electron chi connectivity index (χ0n) is 10.4. The zero-order valence-corrected chi connectivity index (χ0v) is 11.1. The van der Waals surface area contributed by atoms with Gasteiger partial charge < -0.3 is 9.15 Å². The Morgan fingerprint density at radius 1 is 1.05 bits per heavy atom. The lowest BCUT2D eigenvalue weighted by atomic mass is 10.2. The third-order valence-electron chi connectivity index (χ3n) is 2.57. The summed E-state index contributed by atoms with van der Waals surface area (Å²) in [6.45, 7) is 0.281. The lowest BCUT2D eigenvalue weighted by molar-refractivity contribution is 0.219. The molecule has 6 heteroatoms. The van der Waals surface area contributed by atoms with Gasteiger partial charge in [-0.05, 0) is 36.4 Å². The molecule has 0 saturated carbocycles. The monoisotopic (exact) mass is 287 g/mol. The first-order valence-electron chi connectivity index (χ1n) is 5.93. The van der Waals surface area contributed by atoms with Crippen molar-refractivity contribution >= 4 is 11.6 Å². The van der Waals surface area contributed by atoms with Crippen LogP contribution in [0, 0.1) is 0 Å². The highest BCUT2D eigenvalue weighted by Gasteiger charge is 2.09. The Bertz CT molecular complexity index is 683. The van der Waals surface area contributed by atoms with Crippen LogP contribution >= 0.6 is 11.6 Å². The molecule has 100 valence electrons. The van der Waals surface area contributed by atoms with E-state index in [4.69, 9.17) is 20.8 Å². The molecule has 0 unspecified atom stereocenters. The summed E-state index contributed by atoms with van der Waals surface area (Å²) in [4.78, 5) is 4.14. The first-order chi connectivity index (χ1) is 9.81. The molecule has 0 bridgehead atoms. The van der Waals surface area contributed by atoms with E-state index in [9.17, 15) is 0 Å². The topological polar surface area (TPSA) is 61.0 Å². The minimum Gasteiger partial charge on any atom is -0.443 e. The fraction of sp³-hybridized carbons (Fsp3) is 0.0714. The highest BCUT2D eigenvalue weighted by atomic mass is 35.5. The van der Waals surface area contributed by atoms with Crippen LogP contribution in [0.5, 0.6) is 6.08 Å². The number of hydrogen-bond donors (Lipinski definition) is 0. The summed E-state index contributed by atoms with van der Waals surface area (Å²) in [5, 5.41) is 8.41. The highest BCUT2D eigenvalue weighted by Crippen LogP contribution is 2.22. The standard InChI is InChI=1S/C14H10ClN3O2/c15-11-6-4-10(5-7-11)13-17-18-14(20-13)19-9-12-3-1-2-8-16-12/h1-8H,9H2. The number of halogens is 1. The van der Waals surface area contributed by atoms with Crippen molar-refractivity contribution in [3.8, 4) is 17.5 Å². The molecule has 0 spiro atoms. The van der Waals surface area contributed by atoms with E-state index in [2.05, 4.69) is 15.2 Å². The maximum Gasteiger partial charge on any atom is 0.415 e. The maximum atomic E-state index is 5.82. The van der Waals surface area contributed by atoms with Gasteiger partial charge in [0.1, 0.15) is 6.61 Å². The molecule has 0 aliphatic heterocycles. The summed E-state index contributed by atoms with van der Waals surface area (Å²) >= 11 is 5.82. The Morgan fingerprint density at radius 2 is 1.90 bits per heavy atom. The van der Waals surface area contributed by atoms with Crippen LogP contribution in [0.4, 0.5) is 0 Å². The smallest absolute Gasteiger partial charge is 0.415 e. The number of nitrogens with zero attached hydrogens (tertiary/aromatic N) is 3. The molecule has 3 aromatic rings. The van der Waals surface area contributed by atoms with Crippen molar-refractivity contribution < 1.29 is 9.15 Å². The Balaban J connectivity index is 1.69. The average molecular weight is 288 g/mol. The predicted molar refractivity (Wildman–Crippen MR) is 73.3 cm³/mol. The fourth-order valence-electron chi connectivity index (χ4n) is 1.60. The largest absolute Gasteiger partial charge is 0.443 e. The van der Waals surface area contributed by atoms with Crippen molar-refractivity contribution in [1.29, 1.82) is 0 Å². The van der Waals surface area contributed by atoms with Gasteiger partial charge in [-0.1, -0.05) is 22.8 Å². The quantitative estimate of drug-likeness (QED) is 0.736. The van der Waals surface area contributed by atoms with Crippen molar-refractivity contribution in [3.63, 3.8) is 0 Å². The van der Waals surface area contributed by atoms with E-state index in [0.717, 1.165) is 11.3 Å². The van der Waals surface area contributed by atoms with E-state index < -0.39 is 0 Å². The van der Waals surface area contributed by atoms with Gasteiger partial charge >= 0.3 is 6.08 Å². The Labute approximate surface area is 120 Å². The summed E-state index contributed by atoms with van der Waals surface area (Å²) in [5.41, 5.74) is 1.58. The molecule has 2 aromatic heterocycles. The summed E-state index contributed by atoms with van der Waals surface area (Å²) in [5.74, 6) is 0.387. The molecule has 0 radical (unpaired) electrons. The van der Waals surface area contributed by atoms with E-state index >= 15 is 0 Å². The highest BCUT2D eigenvalue weighted by molar-refractivity contribution is 6.30. The molecule has 1 aromatic carbocycles. The van der Waals surface area contributed by atoms with Gasteiger partial charge in [0.2, 0.25) is 0 Å². The van der Waals surface area contributed by atoms with Gasteiger partial charge in [-0.3, -0.25) is 4.98 Å². The van der Waals surface area contributed by atoms with Crippen LogP contribution in [0.25, 0.3) is 11.5 Å². The van der Waals surface area contributed by atoms with Gasteiger partial charge in [0.05, 0.1) is 5.69 Å². The Kier molecular flexibility index (Phi) is 3.60. The Morgan fingerprint density at radius 3 is 2.65 bits per heavy atom. The lowest BCUT2D eigenvalue weighted by Gasteiger charge is -1.99. The first kappa shape index (κ1) is 12.6. The number of aromatic nitrogens is 3. The van der Waals surface area contributed by atoms with Gasteiger partial charge in [0.25, 0.3) is 5.89 Å². The molecular formula is C14H10ClN3O2. The Hall–Kier alpha value is -2.40. The second-order valence-electron chi connectivity index (χ2n) is 3.99. The normalized spacial score (nSPS) is 10.4. The van der Waals surface area contributed by atoms with Crippen molar-refractivity contribution in [1.82, 2.24) is 15.2 Å². The van der Waals surface area contributed by atoms with E-state index in [1.807, 2.05) is 18.2 Å². The summed E-state index contributed by atoms with van der Waals surface area (Å²) in [6, 6.07) is 12.7. The molecule has 3 rings (SSSR count). The van der Waals surface area contributed by atoms with Crippen molar-refractivity contribution in [2.75, 3.05) is 0 Å². The molecule has 0 N–H and O–H groups in total. The third kappa shape index (κ3) is 2.95. The number of ether oxygens (including phenoxy) is 1. The van der Waals surface area contributed by atoms with Crippen LogP contribution in [0.15, 0.2) is 53.1 Å². The fourth-order valence-corrected chi connectivity index (χ4v) is 1.72. The molecule has 20 heavy (non-hydrogen) atoms. The van der Waals surface area contributed by atoms with Crippen LogP contribution < -0.4 is 4.74 Å². The molecule has 0 atom stereocenters. The maximum absolute atomic E-state index is 5.82. The number of rotatable bonds is 4. The van der Waals surface area contributed by atoms with Gasteiger partial charge in [-0.25, -0.2) is 0 Å². The van der Waals surface area contributed by atoms with E-state index in [-0.39, 0.29) is 12.7 Å². The number of pyridine rings is 1. The van der Waals surface area contributed by atoms with Crippen molar-refractivity contribution in [3.05, 3.63) is 59.4 Å². The van der Waals surface area contributed by atoms with Crippen LogP contribution in [0.1, 0.15) is 5.69 Å². The van der Waals surface area contributed by atoms with Crippen LogP contribution in [0.3, 0.4) is 0 Å². The van der Waals surface area contributed by atoms with Gasteiger partial charge in [-0.2, -0.15) is 0 Å². The van der Waals surface area contributed by atoms with Crippen molar-refractivity contribution in [2.24, 2.45) is 0 Å². The minimum atomic E-state index is 0.112. The third-order valence-corrected chi connectivity index (χ3v) is 2.82. The minimum absolute atomic E-state index is 0.112. The molecule has 0 saturated heterocycles. The predicted octanol–water partition coefficient (Wildman–Crippen LogP) is 3.36. The van der Waals surface area contributed by atoms with Gasteiger partial charge in [0.15, 0.2) is 0 Å². The van der Waals surface area contributed by atoms with E-state index in [1.165, 1.54) is 0 Å². The first-order valence-corrected chi connectivity index (χ1v) is 6.31. The molecule has 0 aliphatic rings. The van der Waals surface area contributed by atoms with Crippen LogP contribution in [-0.2, 0) is 6.61 Å². The molecule has 5 nitrogen and oxygen atoms in total. The van der Waals surface area contributed by atoms with Crippen LogP contribution in [-0.4, -0.2) is 15.2 Å². The summed E-state index contributed by atoms with van der Waals surface area (Å²) < 4.78 is 10.8.